The first-order chi connectivity index (χ1) is 6.39. The Kier molecular flexibility index (Phi) is 2.36. The van der Waals surface area contributed by atoms with Crippen LogP contribution in [0.2, 0.25) is 0 Å². The summed E-state index contributed by atoms with van der Waals surface area (Å²) in [5.41, 5.74) is 5.78. The molecule has 0 amide bonds. The minimum absolute atomic E-state index is 0.0919. The molecule has 0 saturated carbocycles. The molecule has 2 aliphatic heterocycles. The van der Waals surface area contributed by atoms with Gasteiger partial charge in [0.15, 0.2) is 0 Å². The van der Waals surface area contributed by atoms with Crippen LogP contribution in [0.25, 0.3) is 0 Å². The van der Waals surface area contributed by atoms with Crippen molar-refractivity contribution in [2.45, 2.75) is 43.4 Å². The van der Waals surface area contributed by atoms with Gasteiger partial charge in [-0.3, -0.25) is 0 Å². The zero-order valence-electron chi connectivity index (χ0n) is 8.40. The van der Waals surface area contributed by atoms with Crippen LogP contribution in [-0.2, 0) is 14.6 Å². The van der Waals surface area contributed by atoms with E-state index in [0.29, 0.717) is 6.42 Å². The molecular formula is C9H17NO3S. The number of nitrogens with two attached hydrogens (primary N) is 1. The highest BCUT2D eigenvalue weighted by Crippen LogP contribution is 2.41. The van der Waals surface area contributed by atoms with E-state index >= 15 is 0 Å². The standard InChI is InChI=1S/C9H17NO3S/c1-14(11,12)5-4-9(10)6-7-2-3-8(9)13-7/h7-8H,2-6,10H2,1H3. The van der Waals surface area contributed by atoms with Gasteiger partial charge in [0.25, 0.3) is 0 Å². The topological polar surface area (TPSA) is 69.4 Å². The van der Waals surface area contributed by atoms with Crippen molar-refractivity contribution >= 4 is 9.84 Å². The van der Waals surface area contributed by atoms with E-state index in [9.17, 15) is 8.42 Å². The summed E-state index contributed by atoms with van der Waals surface area (Å²) in [6.07, 6.45) is 5.07. The molecule has 2 heterocycles. The van der Waals surface area contributed by atoms with Crippen LogP contribution in [0.1, 0.15) is 25.7 Å². The van der Waals surface area contributed by atoms with E-state index in [1.807, 2.05) is 0 Å². The van der Waals surface area contributed by atoms with Crippen LogP contribution in [-0.4, -0.2) is 38.2 Å². The largest absolute Gasteiger partial charge is 0.373 e. The molecule has 2 aliphatic rings. The first kappa shape index (κ1) is 10.4. The van der Waals surface area contributed by atoms with E-state index in [1.54, 1.807) is 0 Å². The Morgan fingerprint density at radius 1 is 1.50 bits per heavy atom. The number of hydrogen-bond donors (Lipinski definition) is 1. The third-order valence-corrected chi connectivity index (χ3v) is 4.24. The molecule has 0 aromatic heterocycles. The number of sulfone groups is 1. The molecule has 4 nitrogen and oxygen atoms in total. The molecule has 0 radical (unpaired) electrons. The molecule has 2 fully saturated rings. The average Bonchev–Trinajstić information content (AvgIpc) is 2.59. The normalized spacial score (nSPS) is 41.9. The maximum absolute atomic E-state index is 11.0. The summed E-state index contributed by atoms with van der Waals surface area (Å²) in [5, 5.41) is 0. The molecule has 0 aromatic rings. The van der Waals surface area contributed by atoms with Gasteiger partial charge in [0, 0.05) is 11.8 Å². The zero-order valence-corrected chi connectivity index (χ0v) is 9.22. The number of hydrogen-bond acceptors (Lipinski definition) is 4. The van der Waals surface area contributed by atoms with E-state index < -0.39 is 9.84 Å². The highest BCUT2D eigenvalue weighted by Gasteiger charge is 2.49. The Bertz CT molecular complexity index is 327. The smallest absolute Gasteiger partial charge is 0.147 e. The molecule has 0 spiro atoms. The number of rotatable bonds is 3. The SMILES string of the molecule is CS(=O)(=O)CCC1(N)CC2CCC1O2. The third-order valence-electron chi connectivity index (χ3n) is 3.29. The second-order valence-corrected chi connectivity index (χ2v) is 6.90. The van der Waals surface area contributed by atoms with Gasteiger partial charge in [0.1, 0.15) is 9.84 Å². The molecular weight excluding hydrogens is 202 g/mol. The second kappa shape index (κ2) is 3.18. The Hall–Kier alpha value is -0.130. The average molecular weight is 219 g/mol. The summed E-state index contributed by atoms with van der Waals surface area (Å²) in [5.74, 6) is 0.177. The van der Waals surface area contributed by atoms with Crippen molar-refractivity contribution in [3.63, 3.8) is 0 Å². The second-order valence-electron chi connectivity index (χ2n) is 4.64. The van der Waals surface area contributed by atoms with E-state index in [4.69, 9.17) is 10.5 Å². The van der Waals surface area contributed by atoms with Gasteiger partial charge in [0.05, 0.1) is 18.0 Å². The summed E-state index contributed by atoms with van der Waals surface area (Å²) >= 11 is 0. The first-order valence-corrected chi connectivity index (χ1v) is 7.07. The van der Waals surface area contributed by atoms with Crippen molar-refractivity contribution in [2.75, 3.05) is 12.0 Å². The van der Waals surface area contributed by atoms with Gasteiger partial charge >= 0.3 is 0 Å². The van der Waals surface area contributed by atoms with Crippen molar-refractivity contribution in [1.82, 2.24) is 0 Å². The van der Waals surface area contributed by atoms with Gasteiger partial charge in [-0.05, 0) is 25.7 Å². The van der Waals surface area contributed by atoms with Crippen LogP contribution in [0.5, 0.6) is 0 Å². The predicted octanol–water partition coefficient (Wildman–Crippen LogP) is 0.0699. The molecule has 0 aromatic carbocycles. The minimum atomic E-state index is -2.90. The highest BCUT2D eigenvalue weighted by molar-refractivity contribution is 7.90. The molecule has 2 bridgehead atoms. The lowest BCUT2D eigenvalue weighted by Gasteiger charge is -2.30. The maximum atomic E-state index is 11.0. The molecule has 3 atom stereocenters. The van der Waals surface area contributed by atoms with Gasteiger partial charge in [-0.1, -0.05) is 0 Å². The maximum Gasteiger partial charge on any atom is 0.147 e. The minimum Gasteiger partial charge on any atom is -0.373 e. The van der Waals surface area contributed by atoms with Crippen molar-refractivity contribution in [3.8, 4) is 0 Å². The summed E-state index contributed by atoms with van der Waals surface area (Å²) < 4.78 is 27.7. The Balaban J connectivity index is 1.98. The zero-order chi connectivity index (χ0) is 10.4. The molecule has 82 valence electrons. The fraction of sp³-hybridized carbons (Fsp3) is 1.00. The van der Waals surface area contributed by atoms with Crippen LogP contribution in [0, 0.1) is 0 Å². The van der Waals surface area contributed by atoms with Crippen LogP contribution in [0.4, 0.5) is 0 Å². The van der Waals surface area contributed by atoms with E-state index in [1.165, 1.54) is 6.26 Å². The molecule has 3 unspecified atom stereocenters. The monoisotopic (exact) mass is 219 g/mol. The van der Waals surface area contributed by atoms with E-state index in [2.05, 4.69) is 0 Å². The van der Waals surface area contributed by atoms with Crippen LogP contribution in [0.3, 0.4) is 0 Å². The molecule has 0 aliphatic carbocycles. The van der Waals surface area contributed by atoms with Gasteiger partial charge < -0.3 is 10.5 Å². The fourth-order valence-electron chi connectivity index (χ4n) is 2.47. The summed E-state index contributed by atoms with van der Waals surface area (Å²) in [6.45, 7) is 0. The fourth-order valence-corrected chi connectivity index (χ4v) is 3.22. The molecule has 2 N–H and O–H groups in total. The molecule has 14 heavy (non-hydrogen) atoms. The van der Waals surface area contributed by atoms with Crippen molar-refractivity contribution in [2.24, 2.45) is 5.73 Å². The third kappa shape index (κ3) is 1.94. The number of fused-ring (bicyclic) bond motifs is 2. The molecule has 2 rings (SSSR count). The van der Waals surface area contributed by atoms with Gasteiger partial charge in [-0.2, -0.15) is 0 Å². The van der Waals surface area contributed by atoms with Crippen molar-refractivity contribution < 1.29 is 13.2 Å². The Morgan fingerprint density at radius 3 is 2.64 bits per heavy atom. The van der Waals surface area contributed by atoms with Crippen LogP contribution < -0.4 is 5.73 Å². The van der Waals surface area contributed by atoms with Crippen molar-refractivity contribution in [3.05, 3.63) is 0 Å². The van der Waals surface area contributed by atoms with Gasteiger partial charge in [-0.15, -0.1) is 0 Å². The lowest BCUT2D eigenvalue weighted by Crippen LogP contribution is -2.49. The number of ether oxygens (including phenoxy) is 1. The predicted molar refractivity (Wildman–Crippen MR) is 53.8 cm³/mol. The summed E-state index contributed by atoms with van der Waals surface area (Å²) in [6, 6.07) is 0. The van der Waals surface area contributed by atoms with Crippen LogP contribution in [0.15, 0.2) is 0 Å². The highest BCUT2D eigenvalue weighted by atomic mass is 32.2. The van der Waals surface area contributed by atoms with Gasteiger partial charge in [0.2, 0.25) is 0 Å². The Labute approximate surface area is 84.7 Å². The summed E-state index contributed by atoms with van der Waals surface area (Å²) in [4.78, 5) is 0. The van der Waals surface area contributed by atoms with Gasteiger partial charge in [-0.25, -0.2) is 8.42 Å². The molecule has 5 heteroatoms. The van der Waals surface area contributed by atoms with E-state index in [0.717, 1.165) is 19.3 Å². The van der Waals surface area contributed by atoms with E-state index in [-0.39, 0.29) is 23.5 Å². The van der Waals surface area contributed by atoms with Crippen LogP contribution >= 0.6 is 0 Å². The lowest BCUT2D eigenvalue weighted by molar-refractivity contribution is 0.0850. The molecule has 2 saturated heterocycles. The summed E-state index contributed by atoms with van der Waals surface area (Å²) in [7, 11) is -2.90. The quantitative estimate of drug-likeness (QED) is 0.729. The Morgan fingerprint density at radius 2 is 2.21 bits per heavy atom. The first-order valence-electron chi connectivity index (χ1n) is 5.01. The van der Waals surface area contributed by atoms with Crippen molar-refractivity contribution in [1.29, 1.82) is 0 Å². The lowest BCUT2D eigenvalue weighted by atomic mass is 9.81.